The van der Waals surface area contributed by atoms with E-state index in [4.69, 9.17) is 10.5 Å². The Morgan fingerprint density at radius 3 is 1.83 bits per heavy atom. The van der Waals surface area contributed by atoms with Crippen molar-refractivity contribution in [3.63, 3.8) is 0 Å². The zero-order valence-corrected chi connectivity index (χ0v) is 29.7. The molecule has 0 aliphatic rings. The molecule has 0 spiro atoms. The third-order valence-electron chi connectivity index (χ3n) is 7.58. The van der Waals surface area contributed by atoms with Crippen LogP contribution in [0.15, 0.2) is 91.0 Å². The smallest absolute Gasteiger partial charge is 0.468 e. The number of halogens is 1. The molecule has 0 radical (unpaired) electrons. The normalized spacial score (nSPS) is 13.2. The summed E-state index contributed by atoms with van der Waals surface area (Å²) < 4.78 is 9.47. The summed E-state index contributed by atoms with van der Waals surface area (Å²) >= 11 is 5.26. The molecule has 252 valence electrons. The number of thioether (sulfide) groups is 1. The SMILES string of the molecule is CCOC(=O)CNC(=O)C(CSC(=O)CCP(Br)(c1ccccc1)(c1ccccc1)c1ccccc1)NC(=O)CCC(N)C(=O)OC. The average molecular weight is 747 g/mol. The fourth-order valence-electron chi connectivity index (χ4n) is 5.10. The topological polar surface area (TPSA) is 154 Å². The van der Waals surface area contributed by atoms with Gasteiger partial charge in [0.2, 0.25) is 0 Å². The maximum atomic E-state index is 13.6. The van der Waals surface area contributed by atoms with Crippen LogP contribution in [-0.2, 0) is 33.4 Å². The van der Waals surface area contributed by atoms with Crippen molar-refractivity contribution in [3.8, 4) is 0 Å². The Balaban J connectivity index is 1.82. The van der Waals surface area contributed by atoms with E-state index in [-0.39, 0.29) is 36.7 Å². The van der Waals surface area contributed by atoms with E-state index in [9.17, 15) is 24.0 Å². The van der Waals surface area contributed by atoms with Gasteiger partial charge in [-0.1, -0.05) is 0 Å². The summed E-state index contributed by atoms with van der Waals surface area (Å²) in [4.78, 5) is 62.9. The number of ether oxygens (including phenoxy) is 2. The second kappa shape index (κ2) is 18.1. The van der Waals surface area contributed by atoms with Crippen LogP contribution in [0.4, 0.5) is 0 Å². The van der Waals surface area contributed by atoms with Gasteiger partial charge in [-0.2, -0.15) is 0 Å². The van der Waals surface area contributed by atoms with Crippen LogP contribution in [0.3, 0.4) is 0 Å². The Kier molecular flexibility index (Phi) is 14.6. The van der Waals surface area contributed by atoms with Crippen LogP contribution in [0.1, 0.15) is 26.2 Å². The molecule has 0 bridgehead atoms. The van der Waals surface area contributed by atoms with Crippen LogP contribution >= 0.6 is 32.6 Å². The monoisotopic (exact) mass is 745 g/mol. The molecule has 3 aromatic carbocycles. The van der Waals surface area contributed by atoms with Gasteiger partial charge >= 0.3 is 265 Å². The van der Waals surface area contributed by atoms with E-state index >= 15 is 0 Å². The Bertz CT molecular complexity index is 1420. The third-order valence-corrected chi connectivity index (χ3v) is 18.5. The molecule has 0 aliphatic carbocycles. The molecule has 2 atom stereocenters. The second-order valence-corrected chi connectivity index (χ2v) is 20.8. The molecule has 0 aromatic heterocycles. The molecule has 0 heterocycles. The molecular formula is C34H41BrN3O7PS. The van der Waals surface area contributed by atoms with E-state index in [0.717, 1.165) is 27.7 Å². The summed E-state index contributed by atoms with van der Waals surface area (Å²) in [5.41, 5.74) is 5.74. The first-order chi connectivity index (χ1) is 22.5. The fraction of sp³-hybridized carbons (Fsp3) is 0.324. The number of methoxy groups -OCH3 is 1. The first kappa shape index (κ1) is 37.9. The van der Waals surface area contributed by atoms with Crippen molar-refractivity contribution in [1.29, 1.82) is 0 Å². The third kappa shape index (κ3) is 9.96. The summed E-state index contributed by atoms with van der Waals surface area (Å²) in [7, 11) is 1.20. The van der Waals surface area contributed by atoms with Crippen LogP contribution in [0, 0.1) is 0 Å². The van der Waals surface area contributed by atoms with Gasteiger partial charge in [0.1, 0.15) is 0 Å². The molecule has 47 heavy (non-hydrogen) atoms. The van der Waals surface area contributed by atoms with Crippen molar-refractivity contribution in [2.24, 2.45) is 5.73 Å². The van der Waals surface area contributed by atoms with Crippen molar-refractivity contribution >= 4 is 77.3 Å². The molecule has 3 aromatic rings. The molecule has 3 rings (SSSR count). The van der Waals surface area contributed by atoms with Crippen molar-refractivity contribution in [2.45, 2.75) is 38.3 Å². The van der Waals surface area contributed by atoms with E-state index in [0.29, 0.717) is 6.16 Å². The van der Waals surface area contributed by atoms with Gasteiger partial charge in [-0.05, 0) is 6.92 Å². The number of esters is 2. The van der Waals surface area contributed by atoms with Crippen LogP contribution in [0.25, 0.3) is 0 Å². The van der Waals surface area contributed by atoms with Crippen molar-refractivity contribution in [2.75, 3.05) is 32.2 Å². The van der Waals surface area contributed by atoms with Crippen LogP contribution in [-0.4, -0.2) is 73.1 Å². The summed E-state index contributed by atoms with van der Waals surface area (Å²) in [6.45, 7) is 1.40. The molecule has 2 amide bonds. The molecule has 4 N–H and O–H groups in total. The number of rotatable bonds is 17. The Labute approximate surface area is 287 Å². The summed E-state index contributed by atoms with van der Waals surface area (Å²) in [5.74, 6) is -2.57. The van der Waals surface area contributed by atoms with E-state index in [2.05, 4.69) is 67.3 Å². The first-order valence-electron chi connectivity index (χ1n) is 15.1. The van der Waals surface area contributed by atoms with Gasteiger partial charge in [0.25, 0.3) is 0 Å². The number of amides is 2. The molecule has 0 saturated carbocycles. The fourth-order valence-corrected chi connectivity index (χ4v) is 13.4. The van der Waals surface area contributed by atoms with E-state index in [1.165, 1.54) is 7.11 Å². The van der Waals surface area contributed by atoms with Crippen molar-refractivity contribution in [1.82, 2.24) is 10.6 Å². The van der Waals surface area contributed by atoms with Crippen LogP contribution < -0.4 is 32.3 Å². The minimum atomic E-state index is -3.35. The second-order valence-electron chi connectivity index (χ2n) is 10.7. The van der Waals surface area contributed by atoms with E-state index < -0.39 is 47.7 Å². The molecule has 0 aliphatic heterocycles. The minimum absolute atomic E-state index is 0.00141. The minimum Gasteiger partial charge on any atom is -0.468 e. The van der Waals surface area contributed by atoms with E-state index in [1.54, 1.807) is 6.92 Å². The quantitative estimate of drug-likeness (QED) is 0.140. The number of nitrogens with one attached hydrogen (secondary N) is 2. The summed E-state index contributed by atoms with van der Waals surface area (Å²) in [5, 5.41) is 4.77. The van der Waals surface area contributed by atoms with Gasteiger partial charge in [0, 0.05) is 0 Å². The predicted octanol–water partition coefficient (Wildman–Crippen LogP) is 2.92. The Morgan fingerprint density at radius 1 is 0.851 bits per heavy atom. The molecule has 2 unspecified atom stereocenters. The number of benzene rings is 3. The number of nitrogens with two attached hydrogens (primary N) is 1. The zero-order valence-electron chi connectivity index (χ0n) is 26.4. The molecular weight excluding hydrogens is 705 g/mol. The maximum absolute atomic E-state index is 13.6. The van der Waals surface area contributed by atoms with Gasteiger partial charge in [-0.3, -0.25) is 4.79 Å². The van der Waals surface area contributed by atoms with Gasteiger partial charge in [-0.25, -0.2) is 0 Å². The number of carbonyl (C=O) groups is 5. The Hall–Kier alpha value is -3.57. The van der Waals surface area contributed by atoms with Gasteiger partial charge < -0.3 is 4.74 Å². The van der Waals surface area contributed by atoms with E-state index in [1.807, 2.05) is 54.6 Å². The number of hydrogen-bond acceptors (Lipinski definition) is 9. The standard InChI is InChI=1S/C34H41BrN3O7PS/c1-3-45-31(40)23-37-33(42)29(38-30(39)20-19-28(36)34(43)44-2)24-47-32(41)21-22-46(35,25-13-7-4-8-14-25,26-15-9-5-10-16-26)27-17-11-6-12-18-27/h4-18,28-29H,3,19-24,36H2,1-2H3,(H,37,42)(H,38,39). The average Bonchev–Trinajstić information content (AvgIpc) is 3.11. The van der Waals surface area contributed by atoms with Crippen LogP contribution in [0.5, 0.6) is 0 Å². The van der Waals surface area contributed by atoms with Crippen LogP contribution in [0.2, 0.25) is 0 Å². The predicted molar refractivity (Wildman–Crippen MR) is 192 cm³/mol. The number of carbonyl (C=O) groups excluding carboxylic acids is 5. The van der Waals surface area contributed by atoms with Gasteiger partial charge in [-0.15, -0.1) is 0 Å². The van der Waals surface area contributed by atoms with Gasteiger partial charge in [0.15, 0.2) is 0 Å². The Morgan fingerprint density at radius 2 is 1.36 bits per heavy atom. The van der Waals surface area contributed by atoms with Crippen molar-refractivity contribution < 1.29 is 33.4 Å². The van der Waals surface area contributed by atoms with Gasteiger partial charge in [0.05, 0.1) is 7.11 Å². The molecule has 13 heteroatoms. The first-order valence-corrected chi connectivity index (χ1v) is 20.6. The molecule has 0 fully saturated rings. The summed E-state index contributed by atoms with van der Waals surface area (Å²) in [6, 6.07) is 28.1. The number of hydrogen-bond donors (Lipinski definition) is 3. The molecule has 0 saturated heterocycles. The zero-order chi connectivity index (χ0) is 34.3. The summed E-state index contributed by atoms with van der Waals surface area (Å²) in [6.07, 6.45) is 0.469. The van der Waals surface area contributed by atoms with Crippen molar-refractivity contribution in [3.05, 3.63) is 91.0 Å². The molecule has 10 nitrogen and oxygen atoms in total.